The van der Waals surface area contributed by atoms with Crippen molar-refractivity contribution in [3.8, 4) is 0 Å². The van der Waals surface area contributed by atoms with E-state index in [0.29, 0.717) is 17.3 Å². The van der Waals surface area contributed by atoms with Crippen LogP contribution in [-0.2, 0) is 43.4 Å². The van der Waals surface area contributed by atoms with Crippen LogP contribution < -0.4 is 0 Å². The average Bonchev–Trinajstić information content (AvgIpc) is 3.09. The molecule has 9 nitrogen and oxygen atoms in total. The topological polar surface area (TPSA) is 111 Å². The molecule has 2 heterocycles. The quantitative estimate of drug-likeness (QED) is 0.666. The van der Waals surface area contributed by atoms with E-state index in [9.17, 15) is 14.4 Å². The molecule has 1 aliphatic rings. The number of methoxy groups -OCH3 is 1. The van der Waals surface area contributed by atoms with Gasteiger partial charge in [-0.2, -0.15) is 0 Å². The SMILES string of the molecule is COC(=O)[C@@H]1Cc2ncn(Cc3ccc(Cl)cc3)c2CN1C(=O)COCC(=O)O. The standard InChI is InChI=1S/C19H20ClN3O6/c1-28-19(27)15-6-14-16(8-23(15)17(24)9-29-10-18(25)26)22(11-21-14)7-12-2-4-13(20)5-3-12/h2-5,11,15H,6-10H2,1H3,(H,25,26)/t15-/m0/s1. The van der Waals surface area contributed by atoms with Gasteiger partial charge >= 0.3 is 11.9 Å². The van der Waals surface area contributed by atoms with Crippen LogP contribution in [0, 0.1) is 0 Å². The monoisotopic (exact) mass is 421 g/mol. The Hall–Kier alpha value is -2.91. The van der Waals surface area contributed by atoms with Gasteiger partial charge in [0, 0.05) is 18.0 Å². The van der Waals surface area contributed by atoms with Gasteiger partial charge in [0.2, 0.25) is 5.91 Å². The van der Waals surface area contributed by atoms with E-state index in [-0.39, 0.29) is 13.0 Å². The number of carbonyl (C=O) groups is 3. The number of imidazole rings is 1. The Bertz CT molecular complexity index is 911. The van der Waals surface area contributed by atoms with Gasteiger partial charge < -0.3 is 24.0 Å². The van der Waals surface area contributed by atoms with Gasteiger partial charge in [-0.1, -0.05) is 23.7 Å². The number of carbonyl (C=O) groups excluding carboxylic acids is 2. The summed E-state index contributed by atoms with van der Waals surface area (Å²) in [6, 6.07) is 6.55. The maximum atomic E-state index is 12.6. The van der Waals surface area contributed by atoms with E-state index in [1.165, 1.54) is 12.0 Å². The highest BCUT2D eigenvalue weighted by atomic mass is 35.5. The molecule has 0 fully saturated rings. The number of benzene rings is 1. The highest BCUT2D eigenvalue weighted by Gasteiger charge is 2.37. The third-order valence-corrected chi connectivity index (χ3v) is 4.88. The van der Waals surface area contributed by atoms with Crippen LogP contribution in [-0.4, -0.2) is 63.8 Å². The maximum absolute atomic E-state index is 12.6. The van der Waals surface area contributed by atoms with Crippen molar-refractivity contribution < 1.29 is 29.0 Å². The Morgan fingerprint density at radius 3 is 2.62 bits per heavy atom. The van der Waals surface area contributed by atoms with Gasteiger partial charge in [-0.05, 0) is 17.7 Å². The summed E-state index contributed by atoms with van der Waals surface area (Å²) in [5.41, 5.74) is 2.52. The molecule has 1 aromatic heterocycles. The molecule has 0 saturated carbocycles. The molecule has 1 aliphatic heterocycles. The number of nitrogens with zero attached hydrogens (tertiary/aromatic N) is 3. The number of ether oxygens (including phenoxy) is 2. The molecule has 1 N–H and O–H groups in total. The molecular formula is C19H20ClN3O6. The molecule has 0 bridgehead atoms. The molecule has 0 unspecified atom stereocenters. The van der Waals surface area contributed by atoms with Gasteiger partial charge in [0.25, 0.3) is 0 Å². The summed E-state index contributed by atoms with van der Waals surface area (Å²) in [6.07, 6.45) is 1.88. The molecule has 1 aromatic carbocycles. The fourth-order valence-electron chi connectivity index (χ4n) is 3.21. The molecule has 0 spiro atoms. The third-order valence-electron chi connectivity index (χ3n) is 4.63. The van der Waals surface area contributed by atoms with Crippen LogP contribution in [0.2, 0.25) is 5.02 Å². The van der Waals surface area contributed by atoms with E-state index in [1.54, 1.807) is 18.5 Å². The lowest BCUT2D eigenvalue weighted by Crippen LogP contribution is -2.50. The zero-order chi connectivity index (χ0) is 21.0. The van der Waals surface area contributed by atoms with Crippen molar-refractivity contribution in [1.29, 1.82) is 0 Å². The van der Waals surface area contributed by atoms with Crippen molar-refractivity contribution in [2.45, 2.75) is 25.6 Å². The highest BCUT2D eigenvalue weighted by molar-refractivity contribution is 6.30. The minimum Gasteiger partial charge on any atom is -0.480 e. The van der Waals surface area contributed by atoms with Crippen molar-refractivity contribution in [1.82, 2.24) is 14.5 Å². The normalized spacial score (nSPS) is 15.7. The molecule has 0 saturated heterocycles. The molecule has 1 amide bonds. The lowest BCUT2D eigenvalue weighted by atomic mass is 10.0. The van der Waals surface area contributed by atoms with Crippen molar-refractivity contribution >= 4 is 29.4 Å². The van der Waals surface area contributed by atoms with Gasteiger partial charge in [0.05, 0.1) is 31.4 Å². The average molecular weight is 422 g/mol. The number of rotatable bonds is 7. The Morgan fingerprint density at radius 1 is 1.24 bits per heavy atom. The van der Waals surface area contributed by atoms with Crippen LogP contribution >= 0.6 is 11.6 Å². The minimum absolute atomic E-state index is 0.137. The zero-order valence-corrected chi connectivity index (χ0v) is 16.5. The summed E-state index contributed by atoms with van der Waals surface area (Å²) < 4.78 is 11.6. The first-order valence-electron chi connectivity index (χ1n) is 8.83. The molecule has 29 heavy (non-hydrogen) atoms. The number of aliphatic carboxylic acids is 1. The second kappa shape index (κ2) is 9.06. The summed E-state index contributed by atoms with van der Waals surface area (Å²) in [7, 11) is 1.25. The summed E-state index contributed by atoms with van der Waals surface area (Å²) in [5, 5.41) is 9.31. The Morgan fingerprint density at radius 2 is 1.97 bits per heavy atom. The molecule has 3 rings (SSSR count). The number of carboxylic acids is 1. The van der Waals surface area contributed by atoms with E-state index in [2.05, 4.69) is 4.98 Å². The van der Waals surface area contributed by atoms with E-state index in [1.807, 2.05) is 16.7 Å². The van der Waals surface area contributed by atoms with E-state index in [4.69, 9.17) is 26.2 Å². The molecule has 0 aliphatic carbocycles. The molecular weight excluding hydrogens is 402 g/mol. The summed E-state index contributed by atoms with van der Waals surface area (Å²) in [4.78, 5) is 41.2. The van der Waals surface area contributed by atoms with Crippen LogP contribution in [0.5, 0.6) is 0 Å². The summed E-state index contributed by atoms with van der Waals surface area (Å²) in [5.74, 6) is -2.23. The van der Waals surface area contributed by atoms with Crippen molar-refractivity contribution in [3.05, 3.63) is 52.6 Å². The van der Waals surface area contributed by atoms with E-state index in [0.717, 1.165) is 11.3 Å². The Labute approximate surface area is 171 Å². The Kier molecular flexibility index (Phi) is 6.50. The van der Waals surface area contributed by atoms with Crippen molar-refractivity contribution in [2.24, 2.45) is 0 Å². The first-order chi connectivity index (χ1) is 13.9. The van der Waals surface area contributed by atoms with Crippen LogP contribution in [0.4, 0.5) is 0 Å². The minimum atomic E-state index is -1.18. The van der Waals surface area contributed by atoms with Gasteiger partial charge in [0.1, 0.15) is 19.3 Å². The van der Waals surface area contributed by atoms with Gasteiger partial charge in [-0.15, -0.1) is 0 Å². The summed E-state index contributed by atoms with van der Waals surface area (Å²) in [6.45, 7) is -0.374. The fourth-order valence-corrected chi connectivity index (χ4v) is 3.33. The fraction of sp³-hybridized carbons (Fsp3) is 0.368. The molecule has 2 aromatic rings. The Balaban J connectivity index is 1.81. The van der Waals surface area contributed by atoms with Crippen LogP contribution in [0.1, 0.15) is 17.0 Å². The lowest BCUT2D eigenvalue weighted by molar-refractivity contribution is -0.157. The highest BCUT2D eigenvalue weighted by Crippen LogP contribution is 2.24. The first kappa shape index (κ1) is 20.8. The molecule has 0 radical (unpaired) electrons. The molecule has 10 heteroatoms. The number of hydrogen-bond donors (Lipinski definition) is 1. The molecule has 154 valence electrons. The van der Waals surface area contributed by atoms with E-state index < -0.39 is 37.1 Å². The number of hydrogen-bond acceptors (Lipinski definition) is 6. The predicted molar refractivity (Wildman–Crippen MR) is 101 cm³/mol. The zero-order valence-electron chi connectivity index (χ0n) is 15.7. The number of carboxylic acid groups (broad SMARTS) is 1. The maximum Gasteiger partial charge on any atom is 0.329 e. The molecule has 1 atom stereocenters. The van der Waals surface area contributed by atoms with Crippen LogP contribution in [0.15, 0.2) is 30.6 Å². The third kappa shape index (κ3) is 4.93. The largest absolute Gasteiger partial charge is 0.480 e. The first-order valence-corrected chi connectivity index (χ1v) is 9.21. The second-order valence-corrected chi connectivity index (χ2v) is 6.98. The van der Waals surface area contributed by atoms with Crippen molar-refractivity contribution in [2.75, 3.05) is 20.3 Å². The number of esters is 1. The number of amides is 1. The van der Waals surface area contributed by atoms with Gasteiger partial charge in [0.15, 0.2) is 0 Å². The number of aromatic nitrogens is 2. The second-order valence-electron chi connectivity index (χ2n) is 6.54. The predicted octanol–water partition coefficient (Wildman–Crippen LogP) is 1.11. The van der Waals surface area contributed by atoms with Crippen LogP contribution in [0.25, 0.3) is 0 Å². The summed E-state index contributed by atoms with van der Waals surface area (Å²) >= 11 is 5.93. The lowest BCUT2D eigenvalue weighted by Gasteiger charge is -2.34. The smallest absolute Gasteiger partial charge is 0.329 e. The van der Waals surface area contributed by atoms with Crippen molar-refractivity contribution in [3.63, 3.8) is 0 Å². The number of halogens is 1. The van der Waals surface area contributed by atoms with Crippen LogP contribution in [0.3, 0.4) is 0 Å². The van der Waals surface area contributed by atoms with E-state index >= 15 is 0 Å². The van der Waals surface area contributed by atoms with Gasteiger partial charge in [-0.25, -0.2) is 14.6 Å². The number of fused-ring (bicyclic) bond motifs is 1. The van der Waals surface area contributed by atoms with Gasteiger partial charge in [-0.3, -0.25) is 4.79 Å².